The van der Waals surface area contributed by atoms with E-state index in [4.69, 9.17) is 18.9 Å². The maximum Gasteiger partial charge on any atom is 0.407 e. The highest BCUT2D eigenvalue weighted by molar-refractivity contribution is 5.86. The summed E-state index contributed by atoms with van der Waals surface area (Å²) in [5.41, 5.74) is 4.93. The maximum absolute atomic E-state index is 13.9. The lowest BCUT2D eigenvalue weighted by molar-refractivity contribution is -0.150. The van der Waals surface area contributed by atoms with Gasteiger partial charge in [0.25, 0.3) is 0 Å². The predicted octanol–water partition coefficient (Wildman–Crippen LogP) is 5.36. The van der Waals surface area contributed by atoms with Crippen molar-refractivity contribution in [2.45, 2.75) is 51.2 Å². The Morgan fingerprint density at radius 1 is 0.854 bits per heavy atom. The highest BCUT2D eigenvalue weighted by Gasteiger charge is 2.32. The van der Waals surface area contributed by atoms with Crippen molar-refractivity contribution in [1.29, 1.82) is 0 Å². The smallest absolute Gasteiger partial charge is 0.407 e. The molecule has 0 heterocycles. The van der Waals surface area contributed by atoms with Crippen molar-refractivity contribution in [2.75, 3.05) is 34.0 Å². The van der Waals surface area contributed by atoms with Gasteiger partial charge in [-0.15, -0.1) is 0 Å². The molecule has 8 heteroatoms. The van der Waals surface area contributed by atoms with E-state index < -0.39 is 24.0 Å². The molecule has 218 valence electrons. The number of ether oxygens (including phenoxy) is 4. The van der Waals surface area contributed by atoms with E-state index in [0.29, 0.717) is 6.54 Å². The molecule has 0 fully saturated rings. The number of benzene rings is 3. The van der Waals surface area contributed by atoms with E-state index in [9.17, 15) is 9.59 Å². The van der Waals surface area contributed by atoms with E-state index >= 15 is 0 Å². The molecule has 1 aliphatic rings. The third-order valence-corrected chi connectivity index (χ3v) is 7.04. The second kappa shape index (κ2) is 13.8. The molecule has 41 heavy (non-hydrogen) atoms. The molecule has 0 bridgehead atoms. The molecule has 0 saturated carbocycles. The first-order chi connectivity index (χ1) is 19.7. The van der Waals surface area contributed by atoms with Gasteiger partial charge in [-0.3, -0.25) is 4.79 Å². The number of fused-ring (bicyclic) bond motifs is 3. The highest BCUT2D eigenvalue weighted by Crippen LogP contribution is 2.44. The summed E-state index contributed by atoms with van der Waals surface area (Å²) < 4.78 is 22.5. The first kappa shape index (κ1) is 30.2. The van der Waals surface area contributed by atoms with Gasteiger partial charge in [0.15, 0.2) is 6.29 Å². The standard InChI is InChI=1S/C33H40N2O6/c1-33(2,3)41-22-29(31(36)35(20-30(38-4)39-5)19-23-13-7-6-8-14-23)34-32(37)40-21-28-26-17-11-9-15-24(26)25-16-10-12-18-27(25)28/h6-18,28-30H,19-22H2,1-5H3,(H,34,37)/t29-/m0/s1. The van der Waals surface area contributed by atoms with Crippen molar-refractivity contribution in [3.8, 4) is 11.1 Å². The van der Waals surface area contributed by atoms with Gasteiger partial charge in [-0.2, -0.15) is 0 Å². The SMILES string of the molecule is COC(CN(Cc1ccccc1)C(=O)[C@H](COC(C)(C)C)NC(=O)OCC1c2ccccc2-c2ccccc21)OC. The van der Waals surface area contributed by atoms with Crippen LogP contribution in [-0.2, 0) is 30.3 Å². The molecular formula is C33H40N2O6. The molecule has 0 aromatic heterocycles. The zero-order chi connectivity index (χ0) is 29.4. The molecule has 1 N–H and O–H groups in total. The average molecular weight is 561 g/mol. The lowest BCUT2D eigenvalue weighted by Crippen LogP contribution is -2.53. The van der Waals surface area contributed by atoms with Crippen molar-refractivity contribution in [2.24, 2.45) is 0 Å². The number of nitrogens with zero attached hydrogens (tertiary/aromatic N) is 1. The van der Waals surface area contributed by atoms with Crippen LogP contribution < -0.4 is 5.32 Å². The molecule has 3 aromatic rings. The van der Waals surface area contributed by atoms with E-state index in [1.54, 1.807) is 4.90 Å². The third-order valence-electron chi connectivity index (χ3n) is 7.04. The quantitative estimate of drug-likeness (QED) is 0.300. The second-order valence-corrected chi connectivity index (χ2v) is 11.1. The van der Waals surface area contributed by atoms with Crippen LogP contribution in [0.3, 0.4) is 0 Å². The Hall–Kier alpha value is -3.72. The average Bonchev–Trinajstić information content (AvgIpc) is 3.29. The normalized spacial score (nSPS) is 13.4. The Balaban J connectivity index is 1.50. The number of rotatable bonds is 12. The first-order valence-corrected chi connectivity index (χ1v) is 13.8. The zero-order valence-corrected chi connectivity index (χ0v) is 24.5. The third kappa shape index (κ3) is 7.94. The molecule has 0 spiro atoms. The molecule has 4 rings (SSSR count). The van der Waals surface area contributed by atoms with Crippen LogP contribution >= 0.6 is 0 Å². The number of carbonyl (C=O) groups is 2. The molecule has 8 nitrogen and oxygen atoms in total. The summed E-state index contributed by atoms with van der Waals surface area (Å²) in [6.45, 7) is 6.28. The van der Waals surface area contributed by atoms with E-state index in [1.807, 2.05) is 75.4 Å². The van der Waals surface area contributed by atoms with Crippen molar-refractivity contribution in [3.05, 3.63) is 95.6 Å². The lowest BCUT2D eigenvalue weighted by atomic mass is 9.98. The molecule has 3 aromatic carbocycles. The lowest BCUT2D eigenvalue weighted by Gasteiger charge is -2.31. The van der Waals surface area contributed by atoms with Crippen LogP contribution in [0.2, 0.25) is 0 Å². The fourth-order valence-electron chi connectivity index (χ4n) is 4.97. The molecule has 1 aliphatic carbocycles. The van der Waals surface area contributed by atoms with Gasteiger partial charge in [-0.05, 0) is 48.6 Å². The van der Waals surface area contributed by atoms with Gasteiger partial charge in [-0.1, -0.05) is 78.9 Å². The minimum Gasteiger partial charge on any atom is -0.449 e. The largest absolute Gasteiger partial charge is 0.449 e. The van der Waals surface area contributed by atoms with E-state index in [-0.39, 0.29) is 31.6 Å². The predicted molar refractivity (Wildman–Crippen MR) is 157 cm³/mol. The number of hydrogen-bond acceptors (Lipinski definition) is 6. The molecular weight excluding hydrogens is 520 g/mol. The molecule has 0 saturated heterocycles. The van der Waals surface area contributed by atoms with Crippen LogP contribution in [0, 0.1) is 0 Å². The summed E-state index contributed by atoms with van der Waals surface area (Å²) in [4.78, 5) is 28.7. The summed E-state index contributed by atoms with van der Waals surface area (Å²) in [6.07, 6.45) is -1.32. The number of alkyl carbamates (subject to hydrolysis) is 1. The summed E-state index contributed by atoms with van der Waals surface area (Å²) in [5.74, 6) is -0.419. The number of hydrogen-bond donors (Lipinski definition) is 1. The highest BCUT2D eigenvalue weighted by atomic mass is 16.7. The van der Waals surface area contributed by atoms with Gasteiger partial charge in [0.1, 0.15) is 12.6 Å². The first-order valence-electron chi connectivity index (χ1n) is 13.8. The Morgan fingerprint density at radius 3 is 1.98 bits per heavy atom. The fourth-order valence-corrected chi connectivity index (χ4v) is 4.97. The summed E-state index contributed by atoms with van der Waals surface area (Å²) in [6, 6.07) is 24.9. The van der Waals surface area contributed by atoms with Crippen LogP contribution in [-0.4, -0.2) is 68.8 Å². The number of carbonyl (C=O) groups excluding carboxylic acids is 2. The van der Waals surface area contributed by atoms with Gasteiger partial charge in [0, 0.05) is 26.7 Å². The van der Waals surface area contributed by atoms with Gasteiger partial charge < -0.3 is 29.2 Å². The van der Waals surface area contributed by atoms with E-state index in [1.165, 1.54) is 14.2 Å². The number of amides is 2. The minimum absolute atomic E-state index is 0.0253. The van der Waals surface area contributed by atoms with E-state index in [2.05, 4.69) is 29.6 Å². The minimum atomic E-state index is -0.983. The topological polar surface area (TPSA) is 86.3 Å². The Bertz CT molecular complexity index is 1260. The summed E-state index contributed by atoms with van der Waals surface area (Å²) in [5, 5.41) is 2.78. The monoisotopic (exact) mass is 560 g/mol. The molecule has 0 radical (unpaired) electrons. The van der Waals surface area contributed by atoms with Crippen LogP contribution in [0.15, 0.2) is 78.9 Å². The Labute approximate surface area is 242 Å². The maximum atomic E-state index is 13.9. The zero-order valence-electron chi connectivity index (χ0n) is 24.5. The Morgan fingerprint density at radius 2 is 1.41 bits per heavy atom. The Kier molecular flexibility index (Phi) is 10.2. The molecule has 0 aliphatic heterocycles. The van der Waals surface area contributed by atoms with Crippen LogP contribution in [0.4, 0.5) is 4.79 Å². The summed E-state index contributed by atoms with van der Waals surface area (Å²) in [7, 11) is 3.04. The van der Waals surface area contributed by atoms with Gasteiger partial charge >= 0.3 is 6.09 Å². The second-order valence-electron chi connectivity index (χ2n) is 11.1. The fraction of sp³-hybridized carbons (Fsp3) is 0.394. The van der Waals surface area contributed by atoms with Crippen molar-refractivity contribution < 1.29 is 28.5 Å². The van der Waals surface area contributed by atoms with Crippen LogP contribution in [0.25, 0.3) is 11.1 Å². The van der Waals surface area contributed by atoms with Crippen LogP contribution in [0.5, 0.6) is 0 Å². The van der Waals surface area contributed by atoms with Crippen molar-refractivity contribution >= 4 is 12.0 Å². The van der Waals surface area contributed by atoms with Crippen molar-refractivity contribution in [3.63, 3.8) is 0 Å². The number of methoxy groups -OCH3 is 2. The van der Waals surface area contributed by atoms with Gasteiger partial charge in [0.2, 0.25) is 5.91 Å². The molecule has 1 atom stereocenters. The number of nitrogens with one attached hydrogen (secondary N) is 1. The molecule has 0 unspecified atom stereocenters. The van der Waals surface area contributed by atoms with Crippen LogP contribution in [0.1, 0.15) is 43.4 Å². The van der Waals surface area contributed by atoms with Crippen molar-refractivity contribution in [1.82, 2.24) is 10.2 Å². The van der Waals surface area contributed by atoms with Gasteiger partial charge in [-0.25, -0.2) is 4.79 Å². The summed E-state index contributed by atoms with van der Waals surface area (Å²) >= 11 is 0. The van der Waals surface area contributed by atoms with E-state index in [0.717, 1.165) is 27.8 Å². The molecule has 2 amide bonds. The van der Waals surface area contributed by atoms with Gasteiger partial charge in [0.05, 0.1) is 18.8 Å².